The first-order valence-electron chi connectivity index (χ1n) is 10.9. The molecule has 0 aromatic heterocycles. The lowest BCUT2D eigenvalue weighted by Crippen LogP contribution is -2.45. The lowest BCUT2D eigenvalue weighted by Gasteiger charge is -2.47. The van der Waals surface area contributed by atoms with E-state index in [1.807, 2.05) is 7.11 Å². The van der Waals surface area contributed by atoms with Crippen LogP contribution < -0.4 is 9.47 Å². The van der Waals surface area contributed by atoms with Crippen LogP contribution in [0.25, 0.3) is 0 Å². The van der Waals surface area contributed by atoms with Crippen molar-refractivity contribution >= 4 is 0 Å². The molecule has 1 aliphatic carbocycles. The molecule has 2 aliphatic rings. The summed E-state index contributed by atoms with van der Waals surface area (Å²) in [6.45, 7) is 11.4. The largest absolute Gasteiger partial charge is 0.496 e. The summed E-state index contributed by atoms with van der Waals surface area (Å²) in [6.07, 6.45) is 11.1. The van der Waals surface area contributed by atoms with Crippen molar-refractivity contribution in [3.05, 3.63) is 34.9 Å². The molecule has 1 unspecified atom stereocenters. The van der Waals surface area contributed by atoms with Gasteiger partial charge in [-0.1, -0.05) is 51.2 Å². The third kappa shape index (κ3) is 4.20. The number of benzene rings is 1. The van der Waals surface area contributed by atoms with E-state index >= 15 is 0 Å². The van der Waals surface area contributed by atoms with Crippen molar-refractivity contribution in [3.8, 4) is 11.5 Å². The third-order valence-electron chi connectivity index (χ3n) is 6.79. The highest BCUT2D eigenvalue weighted by Crippen LogP contribution is 2.54. The third-order valence-corrected chi connectivity index (χ3v) is 6.79. The van der Waals surface area contributed by atoms with Crippen LogP contribution in [0.15, 0.2) is 23.8 Å². The fourth-order valence-electron chi connectivity index (χ4n) is 5.06. The number of methoxy groups -OCH3 is 1. The highest BCUT2D eigenvalue weighted by atomic mass is 16.5. The second-order valence-corrected chi connectivity index (χ2v) is 9.29. The summed E-state index contributed by atoms with van der Waals surface area (Å²) in [4.78, 5) is 0. The molecule has 1 aromatic rings. The van der Waals surface area contributed by atoms with E-state index in [0.29, 0.717) is 17.8 Å². The van der Waals surface area contributed by atoms with Crippen LogP contribution in [0.3, 0.4) is 0 Å². The molecule has 0 N–H and O–H groups in total. The van der Waals surface area contributed by atoms with E-state index in [-0.39, 0.29) is 5.60 Å². The highest BCUT2D eigenvalue weighted by molar-refractivity contribution is 5.54. The molecular formula is C25H38O2. The first-order chi connectivity index (χ1) is 12.9. The van der Waals surface area contributed by atoms with Crippen molar-refractivity contribution < 1.29 is 9.47 Å². The average molecular weight is 371 g/mol. The first kappa shape index (κ1) is 20.3. The number of fused-ring (bicyclic) bond motifs is 3. The zero-order chi connectivity index (χ0) is 19.6. The molecule has 0 saturated heterocycles. The van der Waals surface area contributed by atoms with Gasteiger partial charge < -0.3 is 9.47 Å². The molecular weight excluding hydrogens is 332 g/mol. The van der Waals surface area contributed by atoms with E-state index in [0.717, 1.165) is 24.3 Å². The van der Waals surface area contributed by atoms with Gasteiger partial charge in [-0.05, 0) is 63.6 Å². The summed E-state index contributed by atoms with van der Waals surface area (Å²) in [5, 5.41) is 0. The second-order valence-electron chi connectivity index (χ2n) is 9.29. The van der Waals surface area contributed by atoms with Gasteiger partial charge in [-0.3, -0.25) is 0 Å². The summed E-state index contributed by atoms with van der Waals surface area (Å²) in [7, 11) is 1.81. The van der Waals surface area contributed by atoms with Gasteiger partial charge in [0.15, 0.2) is 0 Å². The number of hydrogen-bond donors (Lipinski definition) is 0. The number of allylic oxidation sites excluding steroid dienone is 2. The monoisotopic (exact) mass is 370 g/mol. The molecule has 0 fully saturated rings. The van der Waals surface area contributed by atoms with Gasteiger partial charge >= 0.3 is 0 Å². The van der Waals surface area contributed by atoms with Gasteiger partial charge in [0.05, 0.1) is 7.11 Å². The van der Waals surface area contributed by atoms with Crippen molar-refractivity contribution in [1.82, 2.24) is 0 Å². The summed E-state index contributed by atoms with van der Waals surface area (Å²) in [5.41, 5.74) is 4.02. The van der Waals surface area contributed by atoms with Gasteiger partial charge in [-0.2, -0.15) is 0 Å². The van der Waals surface area contributed by atoms with Crippen molar-refractivity contribution in [2.75, 3.05) is 7.11 Å². The topological polar surface area (TPSA) is 18.5 Å². The molecule has 0 bridgehead atoms. The van der Waals surface area contributed by atoms with Gasteiger partial charge in [0.25, 0.3) is 0 Å². The molecule has 1 aliphatic heterocycles. The minimum absolute atomic E-state index is 0.136. The molecule has 3 atom stereocenters. The zero-order valence-corrected chi connectivity index (χ0v) is 18.2. The Balaban J connectivity index is 1.92. The van der Waals surface area contributed by atoms with Crippen LogP contribution in [-0.4, -0.2) is 12.7 Å². The van der Waals surface area contributed by atoms with Crippen LogP contribution in [0.4, 0.5) is 0 Å². The number of ether oxygens (including phenoxy) is 2. The van der Waals surface area contributed by atoms with Gasteiger partial charge in [-0.25, -0.2) is 0 Å². The molecule has 0 spiro atoms. The van der Waals surface area contributed by atoms with Crippen molar-refractivity contribution in [2.45, 2.75) is 97.0 Å². The van der Waals surface area contributed by atoms with Crippen LogP contribution in [0.1, 0.15) is 103 Å². The summed E-state index contributed by atoms with van der Waals surface area (Å²) in [6, 6.07) is 4.60. The molecule has 2 nitrogen and oxygen atoms in total. The Morgan fingerprint density at radius 3 is 2.70 bits per heavy atom. The Kier molecular flexibility index (Phi) is 6.23. The van der Waals surface area contributed by atoms with E-state index in [1.54, 1.807) is 0 Å². The van der Waals surface area contributed by atoms with Gasteiger partial charge in [0.2, 0.25) is 0 Å². The van der Waals surface area contributed by atoms with E-state index < -0.39 is 0 Å². The minimum atomic E-state index is -0.136. The van der Waals surface area contributed by atoms with Crippen LogP contribution in [0.2, 0.25) is 0 Å². The number of rotatable bonds is 7. The maximum atomic E-state index is 6.59. The predicted molar refractivity (Wildman–Crippen MR) is 114 cm³/mol. The zero-order valence-electron chi connectivity index (χ0n) is 18.2. The van der Waals surface area contributed by atoms with Crippen molar-refractivity contribution in [2.24, 2.45) is 5.92 Å². The lowest BCUT2D eigenvalue weighted by atomic mass is 9.67. The van der Waals surface area contributed by atoms with Gasteiger partial charge in [0.1, 0.15) is 17.1 Å². The van der Waals surface area contributed by atoms with Crippen LogP contribution in [0.5, 0.6) is 11.5 Å². The van der Waals surface area contributed by atoms with Crippen LogP contribution in [-0.2, 0) is 0 Å². The maximum absolute atomic E-state index is 6.59. The summed E-state index contributed by atoms with van der Waals surface area (Å²) < 4.78 is 12.5. The van der Waals surface area contributed by atoms with Crippen molar-refractivity contribution in [3.63, 3.8) is 0 Å². The first-order valence-corrected chi connectivity index (χ1v) is 10.9. The highest BCUT2D eigenvalue weighted by Gasteiger charge is 2.45. The summed E-state index contributed by atoms with van der Waals surface area (Å²) >= 11 is 0. The SMILES string of the molecule is CCCCCCC(C)c1cc(OC)c2c(c1)OC(C)(C)[C@@H]1CC=C(C)C[C@@H]21. The molecule has 2 heteroatoms. The summed E-state index contributed by atoms with van der Waals surface area (Å²) in [5.74, 6) is 3.64. The Hall–Kier alpha value is -1.44. The molecule has 150 valence electrons. The molecule has 27 heavy (non-hydrogen) atoms. The molecule has 1 heterocycles. The van der Waals surface area contributed by atoms with Crippen LogP contribution in [0, 0.1) is 5.92 Å². The van der Waals surface area contributed by atoms with Crippen molar-refractivity contribution in [1.29, 1.82) is 0 Å². The van der Waals surface area contributed by atoms with E-state index in [1.165, 1.54) is 48.8 Å². The Morgan fingerprint density at radius 2 is 2.00 bits per heavy atom. The number of hydrogen-bond acceptors (Lipinski definition) is 2. The molecule has 0 saturated carbocycles. The van der Waals surface area contributed by atoms with Gasteiger partial charge in [-0.15, -0.1) is 0 Å². The quantitative estimate of drug-likeness (QED) is 0.368. The standard InChI is InChI=1S/C25H38O2/c1-7-8-9-10-11-18(3)19-15-22(26-6)24-20-14-17(2)12-13-21(20)25(4,5)27-23(24)16-19/h12,15-16,18,20-21H,7-11,13-14H2,1-6H3/t18?,20-,21-/m1/s1. The Bertz CT molecular complexity index is 686. The van der Waals surface area contributed by atoms with E-state index in [4.69, 9.17) is 9.47 Å². The maximum Gasteiger partial charge on any atom is 0.127 e. The van der Waals surface area contributed by atoms with Gasteiger partial charge in [0, 0.05) is 17.4 Å². The number of unbranched alkanes of at least 4 members (excludes halogenated alkanes) is 3. The lowest BCUT2D eigenvalue weighted by molar-refractivity contribution is 0.00745. The van der Waals surface area contributed by atoms with E-state index in [2.05, 4.69) is 52.8 Å². The molecule has 0 amide bonds. The molecule has 0 radical (unpaired) electrons. The minimum Gasteiger partial charge on any atom is -0.496 e. The molecule has 3 rings (SSSR count). The van der Waals surface area contributed by atoms with E-state index in [9.17, 15) is 0 Å². The smallest absolute Gasteiger partial charge is 0.127 e. The Morgan fingerprint density at radius 1 is 1.22 bits per heavy atom. The molecule has 1 aromatic carbocycles. The normalized spacial score (nSPS) is 24.3. The fourth-order valence-corrected chi connectivity index (χ4v) is 5.06. The average Bonchev–Trinajstić information content (AvgIpc) is 2.63. The predicted octanol–water partition coefficient (Wildman–Crippen LogP) is 7.38. The van der Waals surface area contributed by atoms with Crippen LogP contribution >= 0.6 is 0 Å². The fraction of sp³-hybridized carbons (Fsp3) is 0.680. The second kappa shape index (κ2) is 8.29. The Labute approximate surface area is 166 Å².